The van der Waals surface area contributed by atoms with Crippen molar-refractivity contribution in [3.8, 4) is 0 Å². The van der Waals surface area contributed by atoms with Crippen molar-refractivity contribution in [2.24, 2.45) is 7.05 Å². The van der Waals surface area contributed by atoms with Crippen LogP contribution in [-0.4, -0.2) is 35.9 Å². The van der Waals surface area contributed by atoms with Gasteiger partial charge < -0.3 is 10.1 Å². The molecule has 0 bridgehead atoms. The first-order chi connectivity index (χ1) is 7.72. The Bertz CT molecular complexity index is 381. The van der Waals surface area contributed by atoms with Gasteiger partial charge in [-0.3, -0.25) is 4.68 Å². The molecule has 0 unspecified atom stereocenters. The normalized spacial score (nSPS) is 20.8. The summed E-state index contributed by atoms with van der Waals surface area (Å²) in [6, 6.07) is 1.84. The van der Waals surface area contributed by atoms with Gasteiger partial charge in [0, 0.05) is 19.5 Å². The summed E-state index contributed by atoms with van der Waals surface area (Å²) >= 11 is 0. The minimum Gasteiger partial charge on any atom is -0.464 e. The standard InChI is InChI=1S/C11H17N3O2/c1-14-10(11(15)16-2)6-9(13-14)8-4-3-5-12-7-8/h6,8,12H,3-5,7H2,1-2H3/t8-/m0/s1. The van der Waals surface area contributed by atoms with Gasteiger partial charge in [-0.1, -0.05) is 0 Å². The van der Waals surface area contributed by atoms with Crippen LogP contribution in [-0.2, 0) is 11.8 Å². The van der Waals surface area contributed by atoms with Gasteiger partial charge in [0.2, 0.25) is 0 Å². The summed E-state index contributed by atoms with van der Waals surface area (Å²) in [7, 11) is 3.16. The van der Waals surface area contributed by atoms with Gasteiger partial charge in [0.05, 0.1) is 12.8 Å². The molecule has 1 saturated heterocycles. The van der Waals surface area contributed by atoms with E-state index < -0.39 is 0 Å². The van der Waals surface area contributed by atoms with Crippen molar-refractivity contribution in [1.82, 2.24) is 15.1 Å². The molecule has 16 heavy (non-hydrogen) atoms. The Balaban J connectivity index is 2.19. The summed E-state index contributed by atoms with van der Waals surface area (Å²) < 4.78 is 6.30. The molecule has 0 aromatic carbocycles. The van der Waals surface area contributed by atoms with E-state index in [2.05, 4.69) is 10.4 Å². The van der Waals surface area contributed by atoms with Crippen LogP contribution in [0.1, 0.15) is 34.9 Å². The molecule has 2 heterocycles. The second kappa shape index (κ2) is 4.65. The third-order valence-electron chi connectivity index (χ3n) is 3.01. The number of nitrogens with zero attached hydrogens (tertiary/aromatic N) is 2. The Morgan fingerprint density at radius 3 is 3.12 bits per heavy atom. The summed E-state index contributed by atoms with van der Waals surface area (Å²) in [4.78, 5) is 11.4. The fourth-order valence-electron chi connectivity index (χ4n) is 2.09. The fraction of sp³-hybridized carbons (Fsp3) is 0.636. The topological polar surface area (TPSA) is 56.1 Å². The highest BCUT2D eigenvalue weighted by atomic mass is 16.5. The number of nitrogens with one attached hydrogen (secondary N) is 1. The molecule has 5 heteroatoms. The zero-order chi connectivity index (χ0) is 11.5. The lowest BCUT2D eigenvalue weighted by Crippen LogP contribution is -2.28. The molecule has 2 rings (SSSR count). The number of carbonyl (C=O) groups excluding carboxylic acids is 1. The zero-order valence-corrected chi connectivity index (χ0v) is 9.69. The highest BCUT2D eigenvalue weighted by Gasteiger charge is 2.21. The maximum absolute atomic E-state index is 11.4. The molecule has 1 N–H and O–H groups in total. The molecule has 1 aromatic rings. The predicted molar refractivity (Wildman–Crippen MR) is 59.4 cm³/mol. The molecular formula is C11H17N3O2. The molecular weight excluding hydrogens is 206 g/mol. The average molecular weight is 223 g/mol. The Hall–Kier alpha value is -1.36. The van der Waals surface area contributed by atoms with E-state index in [1.165, 1.54) is 7.11 Å². The van der Waals surface area contributed by atoms with E-state index in [-0.39, 0.29) is 5.97 Å². The summed E-state index contributed by atoms with van der Waals surface area (Å²) in [5.41, 5.74) is 1.50. The third-order valence-corrected chi connectivity index (χ3v) is 3.01. The van der Waals surface area contributed by atoms with Crippen LogP contribution in [0.5, 0.6) is 0 Å². The minimum atomic E-state index is -0.329. The van der Waals surface area contributed by atoms with Crippen molar-refractivity contribution in [1.29, 1.82) is 0 Å². The first-order valence-corrected chi connectivity index (χ1v) is 5.55. The van der Waals surface area contributed by atoms with E-state index >= 15 is 0 Å². The van der Waals surface area contributed by atoms with Gasteiger partial charge >= 0.3 is 5.97 Å². The number of aryl methyl sites for hydroxylation is 1. The molecule has 1 atom stereocenters. The van der Waals surface area contributed by atoms with E-state index in [0.717, 1.165) is 31.6 Å². The van der Waals surface area contributed by atoms with Gasteiger partial charge in [0.25, 0.3) is 0 Å². The summed E-state index contributed by atoms with van der Waals surface area (Å²) in [5, 5.41) is 7.72. The first kappa shape index (κ1) is 11.1. The molecule has 88 valence electrons. The van der Waals surface area contributed by atoms with E-state index in [0.29, 0.717) is 11.6 Å². The predicted octanol–water partition coefficient (Wildman–Crippen LogP) is 0.674. The molecule has 0 spiro atoms. The van der Waals surface area contributed by atoms with E-state index in [1.54, 1.807) is 11.7 Å². The van der Waals surface area contributed by atoms with Crippen LogP contribution in [0.3, 0.4) is 0 Å². The van der Waals surface area contributed by atoms with Gasteiger partial charge in [-0.25, -0.2) is 4.79 Å². The van der Waals surface area contributed by atoms with Crippen LogP contribution in [0.25, 0.3) is 0 Å². The molecule has 1 aliphatic heterocycles. The maximum Gasteiger partial charge on any atom is 0.356 e. The average Bonchev–Trinajstić information content (AvgIpc) is 2.71. The Labute approximate surface area is 94.8 Å². The van der Waals surface area contributed by atoms with E-state index in [4.69, 9.17) is 4.74 Å². The van der Waals surface area contributed by atoms with Crippen LogP contribution in [0, 0.1) is 0 Å². The first-order valence-electron chi connectivity index (χ1n) is 5.55. The molecule has 1 fully saturated rings. The van der Waals surface area contributed by atoms with Gasteiger partial charge in [-0.2, -0.15) is 5.10 Å². The number of aromatic nitrogens is 2. The second-order valence-electron chi connectivity index (χ2n) is 4.11. The monoisotopic (exact) mass is 223 g/mol. The maximum atomic E-state index is 11.4. The number of ether oxygens (including phenoxy) is 1. The molecule has 0 saturated carbocycles. The van der Waals surface area contributed by atoms with E-state index in [9.17, 15) is 4.79 Å². The van der Waals surface area contributed by atoms with Crippen molar-refractivity contribution in [3.63, 3.8) is 0 Å². The summed E-state index contributed by atoms with van der Waals surface area (Å²) in [6.45, 7) is 2.02. The summed E-state index contributed by atoms with van der Waals surface area (Å²) in [5.74, 6) is 0.0865. The molecule has 1 aliphatic rings. The molecule has 0 radical (unpaired) electrons. The molecule has 0 aliphatic carbocycles. The minimum absolute atomic E-state index is 0.329. The number of rotatable bonds is 2. The lowest BCUT2D eigenvalue weighted by atomic mass is 9.96. The lowest BCUT2D eigenvalue weighted by molar-refractivity contribution is 0.0588. The van der Waals surface area contributed by atoms with E-state index in [1.807, 2.05) is 6.07 Å². The molecule has 5 nitrogen and oxygen atoms in total. The van der Waals surface area contributed by atoms with Crippen LogP contribution in [0.2, 0.25) is 0 Å². The lowest BCUT2D eigenvalue weighted by Gasteiger charge is -2.20. The van der Waals surface area contributed by atoms with Gasteiger partial charge in [0.15, 0.2) is 0 Å². The molecule has 1 aromatic heterocycles. The van der Waals surface area contributed by atoms with Crippen LogP contribution >= 0.6 is 0 Å². The smallest absolute Gasteiger partial charge is 0.356 e. The Morgan fingerprint density at radius 1 is 1.69 bits per heavy atom. The summed E-state index contributed by atoms with van der Waals surface area (Å²) in [6.07, 6.45) is 2.29. The second-order valence-corrected chi connectivity index (χ2v) is 4.11. The number of hydrogen-bond donors (Lipinski definition) is 1. The fourth-order valence-corrected chi connectivity index (χ4v) is 2.09. The van der Waals surface area contributed by atoms with Gasteiger partial charge in [-0.05, 0) is 25.5 Å². The highest BCUT2D eigenvalue weighted by Crippen LogP contribution is 2.22. The number of methoxy groups -OCH3 is 1. The van der Waals surface area contributed by atoms with Crippen molar-refractivity contribution >= 4 is 5.97 Å². The Morgan fingerprint density at radius 2 is 2.50 bits per heavy atom. The van der Waals surface area contributed by atoms with Crippen molar-refractivity contribution in [3.05, 3.63) is 17.5 Å². The van der Waals surface area contributed by atoms with Crippen molar-refractivity contribution < 1.29 is 9.53 Å². The SMILES string of the molecule is COC(=O)c1cc([C@H]2CCCNC2)nn1C. The van der Waals surface area contributed by atoms with Crippen molar-refractivity contribution in [2.75, 3.05) is 20.2 Å². The van der Waals surface area contributed by atoms with Crippen LogP contribution in [0.15, 0.2) is 6.07 Å². The van der Waals surface area contributed by atoms with Crippen molar-refractivity contribution in [2.45, 2.75) is 18.8 Å². The quantitative estimate of drug-likeness (QED) is 0.749. The van der Waals surface area contributed by atoms with Gasteiger partial charge in [0.1, 0.15) is 5.69 Å². The molecule has 0 amide bonds. The number of hydrogen-bond acceptors (Lipinski definition) is 4. The third kappa shape index (κ3) is 2.09. The number of piperidine rings is 1. The highest BCUT2D eigenvalue weighted by molar-refractivity contribution is 5.87. The Kier molecular flexibility index (Phi) is 3.24. The zero-order valence-electron chi connectivity index (χ0n) is 9.69. The largest absolute Gasteiger partial charge is 0.464 e. The van der Waals surface area contributed by atoms with Gasteiger partial charge in [-0.15, -0.1) is 0 Å². The van der Waals surface area contributed by atoms with Crippen LogP contribution < -0.4 is 5.32 Å². The van der Waals surface area contributed by atoms with Crippen LogP contribution in [0.4, 0.5) is 0 Å². The number of carbonyl (C=O) groups is 1. The number of esters is 1.